The van der Waals surface area contributed by atoms with Gasteiger partial charge in [-0.15, -0.1) is 0 Å². The van der Waals surface area contributed by atoms with E-state index >= 15 is 0 Å². The number of pyridine rings is 1. The van der Waals surface area contributed by atoms with Crippen LogP contribution in [0.5, 0.6) is 0 Å². The molecule has 5 nitrogen and oxygen atoms in total. The Morgan fingerprint density at radius 1 is 1.47 bits per heavy atom. The molecule has 1 saturated heterocycles. The van der Waals surface area contributed by atoms with Gasteiger partial charge in [0, 0.05) is 18.4 Å². The summed E-state index contributed by atoms with van der Waals surface area (Å²) in [6.45, 7) is 2.22. The summed E-state index contributed by atoms with van der Waals surface area (Å²) in [4.78, 5) is 29.0. The number of carbonyl (C=O) groups excluding carboxylic acids is 1. The summed E-state index contributed by atoms with van der Waals surface area (Å²) in [5.74, 6) is -1.33. The molecule has 19 heavy (non-hydrogen) atoms. The van der Waals surface area contributed by atoms with Crippen LogP contribution in [0.2, 0.25) is 5.02 Å². The van der Waals surface area contributed by atoms with Crippen LogP contribution in [-0.2, 0) is 4.79 Å². The summed E-state index contributed by atoms with van der Waals surface area (Å²) >= 11 is 6.04. The van der Waals surface area contributed by atoms with Gasteiger partial charge in [0.2, 0.25) is 0 Å². The molecule has 6 heteroatoms. The Morgan fingerprint density at radius 2 is 2.21 bits per heavy atom. The fraction of sp³-hybridized carbons (Fsp3) is 0.462. The lowest BCUT2D eigenvalue weighted by atomic mass is 10.0. The van der Waals surface area contributed by atoms with Crippen molar-refractivity contribution in [2.75, 3.05) is 6.54 Å². The number of aliphatic carboxylic acids is 1. The van der Waals surface area contributed by atoms with Gasteiger partial charge in [-0.3, -0.25) is 9.78 Å². The number of nitrogens with zero attached hydrogens (tertiary/aromatic N) is 2. The number of hydrogen-bond donors (Lipinski definition) is 1. The van der Waals surface area contributed by atoms with Gasteiger partial charge in [-0.25, -0.2) is 4.79 Å². The van der Waals surface area contributed by atoms with Gasteiger partial charge in [-0.05, 0) is 32.3 Å². The number of halogens is 1. The van der Waals surface area contributed by atoms with Gasteiger partial charge in [0.25, 0.3) is 5.91 Å². The van der Waals surface area contributed by atoms with Crippen molar-refractivity contribution in [3.63, 3.8) is 0 Å². The highest BCUT2D eigenvalue weighted by Crippen LogP contribution is 2.23. The zero-order chi connectivity index (χ0) is 14.0. The molecule has 2 rings (SSSR count). The molecule has 102 valence electrons. The first kappa shape index (κ1) is 13.8. The van der Waals surface area contributed by atoms with Crippen LogP contribution in [0.3, 0.4) is 0 Å². The molecule has 1 N–H and O–H groups in total. The van der Waals surface area contributed by atoms with Crippen molar-refractivity contribution in [1.29, 1.82) is 0 Å². The van der Waals surface area contributed by atoms with Crippen molar-refractivity contribution < 1.29 is 14.7 Å². The highest BCUT2D eigenvalue weighted by molar-refractivity contribution is 6.33. The van der Waals surface area contributed by atoms with E-state index in [-0.39, 0.29) is 11.5 Å². The van der Waals surface area contributed by atoms with Crippen molar-refractivity contribution in [1.82, 2.24) is 9.88 Å². The summed E-state index contributed by atoms with van der Waals surface area (Å²) in [6, 6.07) is 0.840. The third-order valence-corrected chi connectivity index (χ3v) is 3.58. The molecule has 1 aromatic heterocycles. The maximum atomic E-state index is 12.4. The van der Waals surface area contributed by atoms with E-state index in [1.807, 2.05) is 0 Å². The van der Waals surface area contributed by atoms with E-state index in [0.29, 0.717) is 18.0 Å². The second-order valence-corrected chi connectivity index (χ2v) is 5.06. The van der Waals surface area contributed by atoms with Crippen molar-refractivity contribution in [2.45, 2.75) is 32.2 Å². The highest BCUT2D eigenvalue weighted by Gasteiger charge is 2.33. The number of carbonyl (C=O) groups is 2. The van der Waals surface area contributed by atoms with Gasteiger partial charge in [-0.2, -0.15) is 0 Å². The van der Waals surface area contributed by atoms with Crippen molar-refractivity contribution in [3.05, 3.63) is 28.5 Å². The second-order valence-electron chi connectivity index (χ2n) is 4.65. The summed E-state index contributed by atoms with van der Waals surface area (Å²) in [7, 11) is 0. The first-order valence-corrected chi connectivity index (χ1v) is 6.54. The van der Waals surface area contributed by atoms with E-state index in [1.54, 1.807) is 13.0 Å². The Labute approximate surface area is 116 Å². The van der Waals surface area contributed by atoms with Gasteiger partial charge < -0.3 is 10.0 Å². The number of hydrogen-bond acceptors (Lipinski definition) is 3. The van der Waals surface area contributed by atoms with Crippen LogP contribution in [0.1, 0.15) is 35.3 Å². The van der Waals surface area contributed by atoms with Crippen LogP contribution >= 0.6 is 11.6 Å². The highest BCUT2D eigenvalue weighted by atomic mass is 35.5. The number of piperidine rings is 1. The maximum absolute atomic E-state index is 12.4. The largest absolute Gasteiger partial charge is 0.480 e. The SMILES string of the molecule is Cc1cc(Cl)c(C(=O)N2CCCC[C@H]2C(=O)O)cn1. The van der Waals surface area contributed by atoms with E-state index < -0.39 is 12.0 Å². The minimum absolute atomic E-state index is 0.264. The molecule has 0 bridgehead atoms. The lowest BCUT2D eigenvalue weighted by molar-refractivity contribution is -0.143. The summed E-state index contributed by atoms with van der Waals surface area (Å²) < 4.78 is 0. The summed E-state index contributed by atoms with van der Waals surface area (Å²) in [5.41, 5.74) is 0.982. The molecule has 0 saturated carbocycles. The predicted molar refractivity (Wildman–Crippen MR) is 70.3 cm³/mol. The lowest BCUT2D eigenvalue weighted by Gasteiger charge is -2.33. The third-order valence-electron chi connectivity index (χ3n) is 3.27. The van der Waals surface area contributed by atoms with Gasteiger partial charge >= 0.3 is 5.97 Å². The number of carboxylic acid groups (broad SMARTS) is 1. The first-order chi connectivity index (χ1) is 9.00. The molecule has 2 heterocycles. The second kappa shape index (κ2) is 5.57. The predicted octanol–water partition coefficient (Wildman–Crippen LogP) is 2.12. The zero-order valence-corrected chi connectivity index (χ0v) is 11.4. The van der Waals surface area contributed by atoms with Crippen molar-refractivity contribution in [2.24, 2.45) is 0 Å². The Hall–Kier alpha value is -1.62. The Bertz CT molecular complexity index is 519. The molecule has 1 atom stereocenters. The topological polar surface area (TPSA) is 70.5 Å². The van der Waals surface area contributed by atoms with Gasteiger partial charge in [0.15, 0.2) is 0 Å². The molecule has 1 aromatic rings. The number of amides is 1. The smallest absolute Gasteiger partial charge is 0.326 e. The van der Waals surface area contributed by atoms with E-state index in [1.165, 1.54) is 11.1 Å². The molecular weight excluding hydrogens is 268 g/mol. The standard InChI is InChI=1S/C13H15ClN2O3/c1-8-6-10(14)9(7-15-8)12(17)16-5-3-2-4-11(16)13(18)19/h6-7,11H,2-5H2,1H3,(H,18,19)/t11-/m0/s1. The Morgan fingerprint density at radius 3 is 2.84 bits per heavy atom. The average Bonchev–Trinajstić information content (AvgIpc) is 2.38. The van der Waals surface area contributed by atoms with Crippen LogP contribution in [0, 0.1) is 6.92 Å². The van der Waals surface area contributed by atoms with Crippen LogP contribution in [0.4, 0.5) is 0 Å². The zero-order valence-electron chi connectivity index (χ0n) is 10.6. The quantitative estimate of drug-likeness (QED) is 0.902. The normalized spacial score (nSPS) is 19.3. The van der Waals surface area contributed by atoms with E-state index in [9.17, 15) is 14.7 Å². The van der Waals surface area contributed by atoms with Crippen LogP contribution < -0.4 is 0 Å². The molecule has 1 aliphatic rings. The minimum Gasteiger partial charge on any atom is -0.480 e. The maximum Gasteiger partial charge on any atom is 0.326 e. The van der Waals surface area contributed by atoms with Crippen LogP contribution in [-0.4, -0.2) is 39.5 Å². The Kier molecular flexibility index (Phi) is 4.04. The monoisotopic (exact) mass is 282 g/mol. The van der Waals surface area contributed by atoms with E-state index in [0.717, 1.165) is 18.5 Å². The van der Waals surface area contributed by atoms with E-state index in [2.05, 4.69) is 4.98 Å². The first-order valence-electron chi connectivity index (χ1n) is 6.16. The summed E-state index contributed by atoms with van der Waals surface area (Å²) in [6.07, 6.45) is 3.53. The average molecular weight is 283 g/mol. The van der Waals surface area contributed by atoms with Crippen molar-refractivity contribution in [3.8, 4) is 0 Å². The van der Waals surface area contributed by atoms with Gasteiger partial charge in [0.1, 0.15) is 6.04 Å². The van der Waals surface area contributed by atoms with Gasteiger partial charge in [-0.1, -0.05) is 11.6 Å². The number of aryl methyl sites for hydroxylation is 1. The van der Waals surface area contributed by atoms with Crippen LogP contribution in [0.15, 0.2) is 12.3 Å². The third kappa shape index (κ3) is 2.87. The molecular formula is C13H15ClN2O3. The minimum atomic E-state index is -0.968. The molecule has 0 aliphatic carbocycles. The molecule has 0 radical (unpaired) electrons. The molecule has 0 unspecified atom stereocenters. The molecule has 1 amide bonds. The molecule has 0 spiro atoms. The fourth-order valence-electron chi connectivity index (χ4n) is 2.27. The van der Waals surface area contributed by atoms with Crippen molar-refractivity contribution >= 4 is 23.5 Å². The molecule has 1 aliphatic heterocycles. The fourth-order valence-corrected chi connectivity index (χ4v) is 2.56. The Balaban J connectivity index is 2.28. The van der Waals surface area contributed by atoms with Gasteiger partial charge in [0.05, 0.1) is 10.6 Å². The lowest BCUT2D eigenvalue weighted by Crippen LogP contribution is -2.48. The van der Waals surface area contributed by atoms with Crippen LogP contribution in [0.25, 0.3) is 0 Å². The number of aromatic nitrogens is 1. The van der Waals surface area contributed by atoms with E-state index in [4.69, 9.17) is 11.6 Å². The molecule has 0 aromatic carbocycles. The molecule has 1 fully saturated rings. The summed E-state index contributed by atoms with van der Waals surface area (Å²) in [5, 5.41) is 9.49. The number of likely N-dealkylation sites (tertiary alicyclic amines) is 1. The number of carboxylic acids is 1. The number of rotatable bonds is 2.